The van der Waals surface area contributed by atoms with E-state index in [0.717, 1.165) is 23.7 Å². The molecule has 3 nitrogen and oxygen atoms in total. The largest absolute Gasteiger partial charge is 0.382 e. The Morgan fingerprint density at radius 1 is 1.32 bits per heavy atom. The van der Waals surface area contributed by atoms with Crippen molar-refractivity contribution in [1.82, 2.24) is 0 Å². The lowest BCUT2D eigenvalue weighted by Crippen LogP contribution is -2.21. The minimum absolute atomic E-state index is 0.00599. The predicted molar refractivity (Wildman–Crippen MR) is 80.3 cm³/mol. The Morgan fingerprint density at radius 3 is 2.58 bits per heavy atom. The van der Waals surface area contributed by atoms with Crippen LogP contribution in [0.4, 0.5) is 11.4 Å². The van der Waals surface area contributed by atoms with Crippen LogP contribution in [-0.4, -0.2) is 11.9 Å². The van der Waals surface area contributed by atoms with Gasteiger partial charge in [0, 0.05) is 23.3 Å². The summed E-state index contributed by atoms with van der Waals surface area (Å²) in [5.41, 5.74) is 1.97. The van der Waals surface area contributed by atoms with Crippen molar-refractivity contribution >= 4 is 17.3 Å². The molecule has 0 heterocycles. The Labute approximate surface area is 115 Å². The standard InChI is InChI=1S/C16H24N2O/c1-4-15(12-8-9-12)17-13-6-5-7-14(10-13)18-16(19)11(2)3/h5-7,10-12,15,17H,4,8-9H2,1-3H3,(H,18,19). The first-order valence-electron chi connectivity index (χ1n) is 7.27. The van der Waals surface area contributed by atoms with Gasteiger partial charge in [0.2, 0.25) is 5.91 Å². The summed E-state index contributed by atoms with van der Waals surface area (Å²) in [5, 5.41) is 6.52. The fraction of sp³-hybridized carbons (Fsp3) is 0.562. The van der Waals surface area contributed by atoms with Crippen LogP contribution >= 0.6 is 0 Å². The number of benzene rings is 1. The zero-order chi connectivity index (χ0) is 13.8. The number of nitrogens with one attached hydrogen (secondary N) is 2. The van der Waals surface area contributed by atoms with Crippen molar-refractivity contribution in [2.24, 2.45) is 11.8 Å². The highest BCUT2D eigenvalue weighted by molar-refractivity contribution is 5.92. The molecule has 104 valence electrons. The fourth-order valence-electron chi connectivity index (χ4n) is 2.24. The first kappa shape index (κ1) is 13.9. The van der Waals surface area contributed by atoms with E-state index < -0.39 is 0 Å². The van der Waals surface area contributed by atoms with Crippen LogP contribution in [0, 0.1) is 11.8 Å². The summed E-state index contributed by atoms with van der Waals surface area (Å²) in [6.45, 7) is 6.02. The van der Waals surface area contributed by atoms with E-state index >= 15 is 0 Å². The van der Waals surface area contributed by atoms with Crippen molar-refractivity contribution in [3.8, 4) is 0 Å². The van der Waals surface area contributed by atoms with Gasteiger partial charge in [-0.2, -0.15) is 0 Å². The minimum Gasteiger partial charge on any atom is -0.382 e. The van der Waals surface area contributed by atoms with Gasteiger partial charge in [-0.05, 0) is 43.4 Å². The number of carbonyl (C=O) groups excluding carboxylic acids is 1. The van der Waals surface area contributed by atoms with Gasteiger partial charge >= 0.3 is 0 Å². The molecule has 0 saturated heterocycles. The lowest BCUT2D eigenvalue weighted by atomic mass is 10.1. The Balaban J connectivity index is 1.99. The number of hydrogen-bond acceptors (Lipinski definition) is 2. The molecule has 0 radical (unpaired) electrons. The zero-order valence-corrected chi connectivity index (χ0v) is 12.1. The van der Waals surface area contributed by atoms with E-state index in [1.807, 2.05) is 32.0 Å². The van der Waals surface area contributed by atoms with Crippen molar-refractivity contribution in [2.75, 3.05) is 10.6 Å². The third-order valence-corrected chi connectivity index (χ3v) is 3.64. The molecule has 0 aromatic heterocycles. The average molecular weight is 260 g/mol. The second kappa shape index (κ2) is 6.09. The maximum atomic E-state index is 11.7. The minimum atomic E-state index is 0.00599. The SMILES string of the molecule is CCC(Nc1cccc(NC(=O)C(C)C)c1)C1CC1. The van der Waals surface area contributed by atoms with Gasteiger partial charge in [-0.15, -0.1) is 0 Å². The van der Waals surface area contributed by atoms with Gasteiger partial charge in [-0.3, -0.25) is 4.79 Å². The fourth-order valence-corrected chi connectivity index (χ4v) is 2.24. The van der Waals surface area contributed by atoms with Crippen molar-refractivity contribution in [2.45, 2.75) is 46.1 Å². The highest BCUT2D eigenvalue weighted by Crippen LogP contribution is 2.35. The van der Waals surface area contributed by atoms with E-state index in [-0.39, 0.29) is 11.8 Å². The Bertz CT molecular complexity index is 438. The summed E-state index contributed by atoms with van der Waals surface area (Å²) < 4.78 is 0. The van der Waals surface area contributed by atoms with Gasteiger partial charge < -0.3 is 10.6 Å². The monoisotopic (exact) mass is 260 g/mol. The number of amides is 1. The van der Waals surface area contributed by atoms with Crippen LogP contribution in [-0.2, 0) is 4.79 Å². The molecule has 1 saturated carbocycles. The maximum Gasteiger partial charge on any atom is 0.226 e. The predicted octanol–water partition coefficient (Wildman–Crippen LogP) is 3.88. The average Bonchev–Trinajstić information content (AvgIpc) is 3.20. The Kier molecular flexibility index (Phi) is 4.46. The molecule has 1 amide bonds. The lowest BCUT2D eigenvalue weighted by molar-refractivity contribution is -0.118. The number of anilines is 2. The van der Waals surface area contributed by atoms with Crippen molar-refractivity contribution in [3.05, 3.63) is 24.3 Å². The van der Waals surface area contributed by atoms with Crippen molar-refractivity contribution in [3.63, 3.8) is 0 Å². The summed E-state index contributed by atoms with van der Waals surface area (Å²) in [4.78, 5) is 11.7. The molecule has 1 aromatic carbocycles. The maximum absolute atomic E-state index is 11.7. The summed E-state index contributed by atoms with van der Waals surface area (Å²) in [7, 11) is 0. The third-order valence-electron chi connectivity index (χ3n) is 3.64. The molecule has 1 atom stereocenters. The quantitative estimate of drug-likeness (QED) is 0.815. The Hall–Kier alpha value is -1.51. The molecule has 1 aliphatic carbocycles. The van der Waals surface area contributed by atoms with E-state index in [1.54, 1.807) is 0 Å². The summed E-state index contributed by atoms with van der Waals surface area (Å²) in [6, 6.07) is 8.57. The van der Waals surface area contributed by atoms with Gasteiger partial charge in [0.25, 0.3) is 0 Å². The highest BCUT2D eigenvalue weighted by Gasteiger charge is 2.29. The van der Waals surface area contributed by atoms with E-state index in [1.165, 1.54) is 12.8 Å². The molecule has 2 N–H and O–H groups in total. The molecule has 0 bridgehead atoms. The molecule has 1 unspecified atom stereocenters. The molecule has 1 aliphatic rings. The first-order chi connectivity index (χ1) is 9.10. The van der Waals surface area contributed by atoms with Crippen LogP contribution in [0.15, 0.2) is 24.3 Å². The molecule has 2 rings (SSSR count). The molecule has 0 aliphatic heterocycles. The summed E-state index contributed by atoms with van der Waals surface area (Å²) >= 11 is 0. The topological polar surface area (TPSA) is 41.1 Å². The van der Waals surface area contributed by atoms with Crippen LogP contribution < -0.4 is 10.6 Å². The van der Waals surface area contributed by atoms with E-state index in [2.05, 4.69) is 23.6 Å². The highest BCUT2D eigenvalue weighted by atomic mass is 16.1. The van der Waals surface area contributed by atoms with Gasteiger partial charge in [0.1, 0.15) is 0 Å². The molecular formula is C16H24N2O. The molecule has 1 aromatic rings. The molecule has 19 heavy (non-hydrogen) atoms. The summed E-state index contributed by atoms with van der Waals surface area (Å²) in [6.07, 6.45) is 3.83. The normalized spacial score (nSPS) is 16.2. The molecule has 1 fully saturated rings. The van der Waals surface area contributed by atoms with E-state index in [0.29, 0.717) is 6.04 Å². The smallest absolute Gasteiger partial charge is 0.226 e. The van der Waals surface area contributed by atoms with E-state index in [9.17, 15) is 4.79 Å². The van der Waals surface area contributed by atoms with Crippen molar-refractivity contribution in [1.29, 1.82) is 0 Å². The summed E-state index contributed by atoms with van der Waals surface area (Å²) in [5.74, 6) is 0.900. The van der Waals surface area contributed by atoms with E-state index in [4.69, 9.17) is 0 Å². The van der Waals surface area contributed by atoms with Crippen LogP contribution in [0.5, 0.6) is 0 Å². The molecule has 3 heteroatoms. The Morgan fingerprint density at radius 2 is 2.00 bits per heavy atom. The number of carbonyl (C=O) groups is 1. The van der Waals surface area contributed by atoms with Gasteiger partial charge in [-0.1, -0.05) is 26.8 Å². The lowest BCUT2D eigenvalue weighted by Gasteiger charge is -2.18. The second-order valence-corrected chi connectivity index (χ2v) is 5.72. The van der Waals surface area contributed by atoms with Crippen LogP contribution in [0.1, 0.15) is 40.0 Å². The second-order valence-electron chi connectivity index (χ2n) is 5.72. The third kappa shape index (κ3) is 3.98. The van der Waals surface area contributed by atoms with Crippen molar-refractivity contribution < 1.29 is 4.79 Å². The van der Waals surface area contributed by atoms with Gasteiger partial charge in [-0.25, -0.2) is 0 Å². The number of rotatable bonds is 6. The van der Waals surface area contributed by atoms with Crippen LogP contribution in [0.2, 0.25) is 0 Å². The van der Waals surface area contributed by atoms with Crippen LogP contribution in [0.3, 0.4) is 0 Å². The zero-order valence-electron chi connectivity index (χ0n) is 12.1. The van der Waals surface area contributed by atoms with Gasteiger partial charge in [0.15, 0.2) is 0 Å². The van der Waals surface area contributed by atoms with Gasteiger partial charge in [0.05, 0.1) is 0 Å². The molecule has 0 spiro atoms. The number of hydrogen-bond donors (Lipinski definition) is 2. The first-order valence-corrected chi connectivity index (χ1v) is 7.27. The molecular weight excluding hydrogens is 236 g/mol. The van der Waals surface area contributed by atoms with Crippen LogP contribution in [0.25, 0.3) is 0 Å².